The van der Waals surface area contributed by atoms with Crippen LogP contribution < -0.4 is 0 Å². The Morgan fingerprint density at radius 2 is 1.79 bits per heavy atom. The van der Waals surface area contributed by atoms with Crippen LogP contribution in [-0.2, 0) is 19.4 Å². The maximum Gasteiger partial charge on any atom is 0.205 e. The third-order valence-corrected chi connectivity index (χ3v) is 6.58. The summed E-state index contributed by atoms with van der Waals surface area (Å²) in [6.07, 6.45) is 5.28. The summed E-state index contributed by atoms with van der Waals surface area (Å²) in [5, 5.41) is 23.7. The summed E-state index contributed by atoms with van der Waals surface area (Å²) in [4.78, 5) is 4.89. The van der Waals surface area contributed by atoms with Crippen LogP contribution in [-0.4, -0.2) is 35.4 Å². The normalized spacial score (nSPS) is 11.2. The monoisotopic (exact) mass is 469 g/mol. The number of hydrogen-bond acceptors (Lipinski definition) is 6. The number of nitrogens with one attached hydrogen (secondary N) is 1. The number of benzene rings is 2. The number of aryl methyl sites for hydroxylation is 1. The van der Waals surface area contributed by atoms with Crippen molar-refractivity contribution in [1.82, 2.24) is 35.4 Å². The van der Waals surface area contributed by atoms with Gasteiger partial charge in [0.25, 0.3) is 0 Å². The molecule has 2 aromatic carbocycles. The van der Waals surface area contributed by atoms with Crippen LogP contribution in [0.1, 0.15) is 49.0 Å². The maximum atomic E-state index is 4.89. The van der Waals surface area contributed by atoms with Gasteiger partial charge in [0, 0.05) is 18.4 Å². The van der Waals surface area contributed by atoms with E-state index in [1.54, 1.807) is 11.3 Å². The van der Waals surface area contributed by atoms with Crippen molar-refractivity contribution < 1.29 is 0 Å². The SMILES string of the molecule is CCCCCc1nc(Cc2ccsc2)nn1Cc1ccc(-c2ccccc2-c2nn[nH]n2)cc1. The van der Waals surface area contributed by atoms with Crippen LogP contribution in [0, 0.1) is 0 Å². The lowest BCUT2D eigenvalue weighted by Gasteiger charge is -2.09. The number of tetrazole rings is 1. The zero-order valence-corrected chi connectivity index (χ0v) is 20.0. The Kier molecular flexibility index (Phi) is 6.86. The molecule has 0 amide bonds. The summed E-state index contributed by atoms with van der Waals surface area (Å²) in [5.41, 5.74) is 5.62. The van der Waals surface area contributed by atoms with Gasteiger partial charge in [-0.25, -0.2) is 9.67 Å². The molecule has 0 spiro atoms. The molecule has 5 aromatic rings. The van der Waals surface area contributed by atoms with E-state index in [2.05, 4.69) is 79.4 Å². The largest absolute Gasteiger partial charge is 0.245 e. The molecule has 7 nitrogen and oxygen atoms in total. The quantitative estimate of drug-likeness (QED) is 0.271. The van der Waals surface area contributed by atoms with Gasteiger partial charge in [-0.15, -0.1) is 10.2 Å². The van der Waals surface area contributed by atoms with Gasteiger partial charge in [0.1, 0.15) is 5.82 Å². The van der Waals surface area contributed by atoms with Crippen LogP contribution >= 0.6 is 11.3 Å². The standard InChI is InChI=1S/C26H27N7S/c1-2-3-4-9-25-27-24(16-20-14-15-34-18-20)30-33(25)17-19-10-12-21(13-11-19)22-7-5-6-8-23(22)26-28-31-32-29-26/h5-8,10-15,18H,2-4,9,16-17H2,1H3,(H,28,29,31,32). The molecular weight excluding hydrogens is 442 g/mol. The van der Waals surface area contributed by atoms with E-state index in [0.717, 1.165) is 47.6 Å². The fourth-order valence-corrected chi connectivity index (χ4v) is 4.76. The smallest absolute Gasteiger partial charge is 0.205 e. The van der Waals surface area contributed by atoms with Gasteiger partial charge in [0.05, 0.1) is 6.54 Å². The highest BCUT2D eigenvalue weighted by molar-refractivity contribution is 7.07. The van der Waals surface area contributed by atoms with Crippen molar-refractivity contribution in [3.63, 3.8) is 0 Å². The fraction of sp³-hybridized carbons (Fsp3) is 0.269. The highest BCUT2D eigenvalue weighted by atomic mass is 32.1. The lowest BCUT2D eigenvalue weighted by molar-refractivity contribution is 0.605. The van der Waals surface area contributed by atoms with E-state index in [0.29, 0.717) is 12.4 Å². The molecule has 0 atom stereocenters. The summed E-state index contributed by atoms with van der Waals surface area (Å²) in [6.45, 7) is 2.94. The topological polar surface area (TPSA) is 85.2 Å². The Morgan fingerprint density at radius 3 is 2.53 bits per heavy atom. The first kappa shape index (κ1) is 22.2. The molecule has 0 bridgehead atoms. The number of aromatic amines is 1. The molecule has 0 aliphatic heterocycles. The second-order valence-corrected chi connectivity index (χ2v) is 9.13. The molecule has 1 N–H and O–H groups in total. The number of rotatable bonds is 10. The van der Waals surface area contributed by atoms with Crippen molar-refractivity contribution in [2.24, 2.45) is 0 Å². The molecule has 0 aliphatic rings. The third-order valence-electron chi connectivity index (χ3n) is 5.85. The first-order valence-electron chi connectivity index (χ1n) is 11.7. The van der Waals surface area contributed by atoms with Gasteiger partial charge in [0.2, 0.25) is 5.82 Å². The molecule has 8 heteroatoms. The molecule has 3 aromatic heterocycles. The highest BCUT2D eigenvalue weighted by Crippen LogP contribution is 2.29. The highest BCUT2D eigenvalue weighted by Gasteiger charge is 2.13. The van der Waals surface area contributed by atoms with E-state index in [4.69, 9.17) is 10.1 Å². The van der Waals surface area contributed by atoms with E-state index in [1.807, 2.05) is 18.2 Å². The molecule has 34 heavy (non-hydrogen) atoms. The molecular formula is C26H27N7S. The molecule has 3 heterocycles. The first-order valence-corrected chi connectivity index (χ1v) is 12.6. The Balaban J connectivity index is 1.37. The van der Waals surface area contributed by atoms with Gasteiger partial charge in [-0.1, -0.05) is 68.3 Å². The molecule has 5 rings (SSSR count). The zero-order valence-electron chi connectivity index (χ0n) is 19.2. The summed E-state index contributed by atoms with van der Waals surface area (Å²) >= 11 is 1.71. The number of unbranched alkanes of at least 4 members (excludes halogenated alkanes) is 2. The molecule has 0 saturated carbocycles. The second kappa shape index (κ2) is 10.5. The predicted octanol–water partition coefficient (Wildman–Crippen LogP) is 5.56. The summed E-state index contributed by atoms with van der Waals surface area (Å²) < 4.78 is 2.08. The molecule has 0 unspecified atom stereocenters. The third kappa shape index (κ3) is 5.12. The lowest BCUT2D eigenvalue weighted by atomic mass is 9.98. The van der Waals surface area contributed by atoms with Gasteiger partial charge < -0.3 is 0 Å². The Hall–Kier alpha value is -3.65. The van der Waals surface area contributed by atoms with Gasteiger partial charge in [-0.3, -0.25) is 0 Å². The van der Waals surface area contributed by atoms with Crippen molar-refractivity contribution in [1.29, 1.82) is 0 Å². The summed E-state index contributed by atoms with van der Waals surface area (Å²) in [5.74, 6) is 2.57. The van der Waals surface area contributed by atoms with E-state index >= 15 is 0 Å². The van der Waals surface area contributed by atoms with Crippen molar-refractivity contribution >= 4 is 11.3 Å². The number of H-pyrrole nitrogens is 1. The minimum atomic E-state index is 0.595. The Bertz CT molecular complexity index is 1310. The minimum absolute atomic E-state index is 0.595. The number of thiophene rings is 1. The van der Waals surface area contributed by atoms with Crippen LogP contribution in [0.15, 0.2) is 65.4 Å². The summed E-state index contributed by atoms with van der Waals surface area (Å²) in [7, 11) is 0. The number of aromatic nitrogens is 7. The van der Waals surface area contributed by atoms with Gasteiger partial charge >= 0.3 is 0 Å². The molecule has 0 aliphatic carbocycles. The average molecular weight is 470 g/mol. The fourth-order valence-electron chi connectivity index (χ4n) is 4.09. The van der Waals surface area contributed by atoms with Crippen LogP contribution in [0.4, 0.5) is 0 Å². The Labute approximate surface area is 202 Å². The zero-order chi connectivity index (χ0) is 23.2. The van der Waals surface area contributed by atoms with Crippen molar-refractivity contribution in [3.05, 3.63) is 88.1 Å². The predicted molar refractivity (Wildman–Crippen MR) is 135 cm³/mol. The Morgan fingerprint density at radius 1 is 0.941 bits per heavy atom. The van der Waals surface area contributed by atoms with Crippen molar-refractivity contribution in [3.8, 4) is 22.5 Å². The van der Waals surface area contributed by atoms with E-state index in [9.17, 15) is 0 Å². The minimum Gasteiger partial charge on any atom is -0.245 e. The van der Waals surface area contributed by atoms with E-state index in [-0.39, 0.29) is 0 Å². The van der Waals surface area contributed by atoms with Crippen LogP contribution in [0.5, 0.6) is 0 Å². The molecule has 0 radical (unpaired) electrons. The number of hydrogen-bond donors (Lipinski definition) is 1. The van der Waals surface area contributed by atoms with Crippen LogP contribution in [0.3, 0.4) is 0 Å². The number of nitrogens with zero attached hydrogens (tertiary/aromatic N) is 6. The van der Waals surface area contributed by atoms with Gasteiger partial charge in [-0.2, -0.15) is 21.6 Å². The van der Waals surface area contributed by atoms with Gasteiger partial charge in [-0.05, 0) is 50.7 Å². The van der Waals surface area contributed by atoms with Crippen LogP contribution in [0.2, 0.25) is 0 Å². The second-order valence-electron chi connectivity index (χ2n) is 8.35. The van der Waals surface area contributed by atoms with Crippen molar-refractivity contribution in [2.75, 3.05) is 0 Å². The van der Waals surface area contributed by atoms with Crippen molar-refractivity contribution in [2.45, 2.75) is 45.6 Å². The van der Waals surface area contributed by atoms with Gasteiger partial charge in [0.15, 0.2) is 5.82 Å². The van der Waals surface area contributed by atoms with E-state index in [1.165, 1.54) is 24.0 Å². The molecule has 0 fully saturated rings. The maximum absolute atomic E-state index is 4.89. The summed E-state index contributed by atoms with van der Waals surface area (Å²) in [6, 6.07) is 18.9. The average Bonchev–Trinajstić information content (AvgIpc) is 3.64. The lowest BCUT2D eigenvalue weighted by Crippen LogP contribution is -2.07. The van der Waals surface area contributed by atoms with Crippen LogP contribution in [0.25, 0.3) is 22.5 Å². The first-order chi connectivity index (χ1) is 16.8. The molecule has 0 saturated heterocycles. The van der Waals surface area contributed by atoms with E-state index < -0.39 is 0 Å². The molecule has 172 valence electrons.